The number of piperidine rings is 1. The number of aliphatic hydroxyl groups excluding tert-OH is 1. The molecule has 1 aliphatic rings. The molecule has 1 saturated heterocycles. The van der Waals surface area contributed by atoms with Crippen molar-refractivity contribution in [2.45, 2.75) is 25.9 Å². The number of nitrogens with zero attached hydrogens (tertiary/aromatic N) is 2. The molecule has 0 bridgehead atoms. The first-order chi connectivity index (χ1) is 11.1. The molecule has 122 valence electrons. The van der Waals surface area contributed by atoms with Gasteiger partial charge in [0.1, 0.15) is 5.69 Å². The van der Waals surface area contributed by atoms with Gasteiger partial charge in [-0.05, 0) is 43.2 Å². The van der Waals surface area contributed by atoms with Crippen LogP contribution in [0.1, 0.15) is 30.3 Å². The van der Waals surface area contributed by atoms with E-state index in [4.69, 9.17) is 4.74 Å². The van der Waals surface area contributed by atoms with Crippen LogP contribution in [0.4, 0.5) is 0 Å². The van der Waals surface area contributed by atoms with Gasteiger partial charge in [0.2, 0.25) is 5.88 Å². The van der Waals surface area contributed by atoms with Crippen molar-refractivity contribution in [1.29, 1.82) is 0 Å². The lowest BCUT2D eigenvalue weighted by molar-refractivity contribution is 0.0516. The fraction of sp³-hybridized carbons (Fsp3) is 0.444. The average molecular weight is 314 g/mol. The highest BCUT2D eigenvalue weighted by molar-refractivity contribution is 5.98. The number of carbonyl (C=O) groups is 1. The number of benzene rings is 1. The number of carbonyl (C=O) groups excluding carboxylic acids is 1. The van der Waals surface area contributed by atoms with E-state index in [9.17, 15) is 9.90 Å². The van der Waals surface area contributed by atoms with Gasteiger partial charge >= 0.3 is 0 Å². The second kappa shape index (κ2) is 6.54. The zero-order valence-electron chi connectivity index (χ0n) is 13.5. The Labute approximate surface area is 135 Å². The summed E-state index contributed by atoms with van der Waals surface area (Å²) >= 11 is 0. The number of amides is 1. The number of methoxy groups -OCH3 is 1. The molecular weight excluding hydrogens is 292 g/mol. The number of rotatable bonds is 3. The normalized spacial score (nSPS) is 17.3. The SMILES string of the molecule is COc1nc(C(=O)N2CCC(C(C)O)CC2)cc2ccccc12. The third kappa shape index (κ3) is 3.15. The Morgan fingerprint density at radius 3 is 2.70 bits per heavy atom. The fourth-order valence-corrected chi connectivity index (χ4v) is 3.18. The molecule has 1 unspecified atom stereocenters. The fourth-order valence-electron chi connectivity index (χ4n) is 3.18. The van der Waals surface area contributed by atoms with Gasteiger partial charge in [-0.3, -0.25) is 4.79 Å². The average Bonchev–Trinajstić information content (AvgIpc) is 2.60. The monoisotopic (exact) mass is 314 g/mol. The lowest BCUT2D eigenvalue weighted by atomic mass is 9.92. The summed E-state index contributed by atoms with van der Waals surface area (Å²) < 4.78 is 5.34. The van der Waals surface area contributed by atoms with Crippen molar-refractivity contribution >= 4 is 16.7 Å². The highest BCUT2D eigenvalue weighted by atomic mass is 16.5. The van der Waals surface area contributed by atoms with Crippen molar-refractivity contribution < 1.29 is 14.6 Å². The molecule has 2 heterocycles. The Balaban J connectivity index is 1.84. The van der Waals surface area contributed by atoms with Gasteiger partial charge in [-0.25, -0.2) is 4.98 Å². The Hall–Kier alpha value is -2.14. The molecule has 0 saturated carbocycles. The largest absolute Gasteiger partial charge is 0.481 e. The van der Waals surface area contributed by atoms with E-state index in [2.05, 4.69) is 4.98 Å². The zero-order chi connectivity index (χ0) is 16.4. The lowest BCUT2D eigenvalue weighted by Crippen LogP contribution is -2.41. The third-order valence-corrected chi connectivity index (χ3v) is 4.63. The van der Waals surface area contributed by atoms with E-state index in [-0.39, 0.29) is 17.9 Å². The topological polar surface area (TPSA) is 62.7 Å². The van der Waals surface area contributed by atoms with Gasteiger partial charge in [0.05, 0.1) is 13.2 Å². The molecule has 0 spiro atoms. The molecule has 5 heteroatoms. The molecule has 0 radical (unpaired) electrons. The van der Waals surface area contributed by atoms with Crippen molar-refractivity contribution in [2.75, 3.05) is 20.2 Å². The molecule has 1 N–H and O–H groups in total. The van der Waals surface area contributed by atoms with Gasteiger partial charge in [0.25, 0.3) is 5.91 Å². The predicted molar refractivity (Wildman–Crippen MR) is 88.6 cm³/mol. The first-order valence-corrected chi connectivity index (χ1v) is 8.01. The maximum absolute atomic E-state index is 12.7. The van der Waals surface area contributed by atoms with Crippen LogP contribution in [-0.2, 0) is 0 Å². The summed E-state index contributed by atoms with van der Waals surface area (Å²) in [6.45, 7) is 3.13. The van der Waals surface area contributed by atoms with Crippen molar-refractivity contribution in [3.63, 3.8) is 0 Å². The van der Waals surface area contributed by atoms with Crippen LogP contribution >= 0.6 is 0 Å². The number of hydrogen-bond donors (Lipinski definition) is 1. The van der Waals surface area contributed by atoms with Crippen molar-refractivity contribution in [3.8, 4) is 5.88 Å². The lowest BCUT2D eigenvalue weighted by Gasteiger charge is -2.33. The molecular formula is C18H22N2O3. The molecule has 5 nitrogen and oxygen atoms in total. The molecule has 2 aromatic rings. The minimum atomic E-state index is -0.314. The Morgan fingerprint density at radius 2 is 2.04 bits per heavy atom. The van der Waals surface area contributed by atoms with Gasteiger partial charge < -0.3 is 14.7 Å². The number of pyridine rings is 1. The summed E-state index contributed by atoms with van der Waals surface area (Å²) in [7, 11) is 1.57. The van der Waals surface area contributed by atoms with E-state index in [0.717, 1.165) is 23.6 Å². The maximum atomic E-state index is 12.7. The van der Waals surface area contributed by atoms with E-state index >= 15 is 0 Å². The molecule has 0 aliphatic carbocycles. The summed E-state index contributed by atoms with van der Waals surface area (Å²) in [4.78, 5) is 18.9. The first-order valence-electron chi connectivity index (χ1n) is 8.01. The first kappa shape index (κ1) is 15.7. The van der Waals surface area contributed by atoms with Gasteiger partial charge in [-0.15, -0.1) is 0 Å². The van der Waals surface area contributed by atoms with E-state index in [1.165, 1.54) is 0 Å². The quantitative estimate of drug-likeness (QED) is 0.945. The van der Waals surface area contributed by atoms with E-state index in [1.807, 2.05) is 42.2 Å². The van der Waals surface area contributed by atoms with Gasteiger partial charge in [0.15, 0.2) is 0 Å². The van der Waals surface area contributed by atoms with Crippen molar-refractivity contribution in [3.05, 3.63) is 36.0 Å². The van der Waals surface area contributed by atoms with Crippen LogP contribution in [0.3, 0.4) is 0 Å². The predicted octanol–water partition coefficient (Wildman–Crippen LogP) is 2.48. The van der Waals surface area contributed by atoms with Crippen LogP contribution in [-0.4, -0.2) is 47.2 Å². The molecule has 1 aromatic heterocycles. The smallest absolute Gasteiger partial charge is 0.272 e. The van der Waals surface area contributed by atoms with E-state index in [0.29, 0.717) is 24.7 Å². The van der Waals surface area contributed by atoms with Crippen LogP contribution in [0.2, 0.25) is 0 Å². The Morgan fingerprint density at radius 1 is 1.35 bits per heavy atom. The second-order valence-corrected chi connectivity index (χ2v) is 6.11. The summed E-state index contributed by atoms with van der Waals surface area (Å²) in [5.41, 5.74) is 0.413. The van der Waals surface area contributed by atoms with Crippen molar-refractivity contribution in [1.82, 2.24) is 9.88 Å². The van der Waals surface area contributed by atoms with Crippen LogP contribution in [0.5, 0.6) is 5.88 Å². The molecule has 23 heavy (non-hydrogen) atoms. The van der Waals surface area contributed by atoms with Crippen LogP contribution in [0, 0.1) is 5.92 Å². The standard InChI is InChI=1S/C18H22N2O3/c1-12(21)13-7-9-20(10-8-13)18(22)16-11-14-5-3-4-6-15(14)17(19-16)23-2/h3-6,11-13,21H,7-10H2,1-2H3. The number of aliphatic hydroxyl groups is 1. The molecule has 1 atom stereocenters. The minimum absolute atomic E-state index is 0.0712. The van der Waals surface area contributed by atoms with Crippen LogP contribution < -0.4 is 4.74 Å². The molecule has 1 amide bonds. The van der Waals surface area contributed by atoms with Crippen LogP contribution in [0.25, 0.3) is 10.8 Å². The van der Waals surface area contributed by atoms with Crippen molar-refractivity contribution in [2.24, 2.45) is 5.92 Å². The zero-order valence-corrected chi connectivity index (χ0v) is 13.5. The second-order valence-electron chi connectivity index (χ2n) is 6.11. The number of hydrogen-bond acceptors (Lipinski definition) is 4. The van der Waals surface area contributed by atoms with Crippen LogP contribution in [0.15, 0.2) is 30.3 Å². The number of fused-ring (bicyclic) bond motifs is 1. The summed E-state index contributed by atoms with van der Waals surface area (Å²) in [5, 5.41) is 11.5. The number of aromatic nitrogens is 1. The summed E-state index contributed by atoms with van der Waals surface area (Å²) in [6.07, 6.45) is 1.34. The minimum Gasteiger partial charge on any atom is -0.481 e. The molecule has 1 aromatic carbocycles. The number of ether oxygens (including phenoxy) is 1. The number of likely N-dealkylation sites (tertiary alicyclic amines) is 1. The molecule has 3 rings (SSSR count). The van der Waals surface area contributed by atoms with Gasteiger partial charge in [0, 0.05) is 18.5 Å². The summed E-state index contributed by atoms with van der Waals surface area (Å²) in [5.74, 6) is 0.682. The molecule has 1 fully saturated rings. The van der Waals surface area contributed by atoms with E-state index in [1.54, 1.807) is 7.11 Å². The molecule has 1 aliphatic heterocycles. The Bertz CT molecular complexity index is 706. The maximum Gasteiger partial charge on any atom is 0.272 e. The van der Waals surface area contributed by atoms with Gasteiger partial charge in [-0.2, -0.15) is 0 Å². The highest BCUT2D eigenvalue weighted by Gasteiger charge is 2.27. The van der Waals surface area contributed by atoms with E-state index < -0.39 is 0 Å². The summed E-state index contributed by atoms with van der Waals surface area (Å²) in [6, 6.07) is 9.57. The Kier molecular flexibility index (Phi) is 4.48. The highest BCUT2D eigenvalue weighted by Crippen LogP contribution is 2.26. The third-order valence-electron chi connectivity index (χ3n) is 4.63. The van der Waals surface area contributed by atoms with Gasteiger partial charge in [-0.1, -0.05) is 18.2 Å².